The monoisotopic (exact) mass is 187 g/mol. The third-order valence-electron chi connectivity index (χ3n) is 1.95. The number of hydrogen-bond acceptors (Lipinski definition) is 3. The second kappa shape index (κ2) is 4.27. The topological polar surface area (TPSA) is 48.2 Å². The van der Waals surface area contributed by atoms with Crippen LogP contribution in [0.2, 0.25) is 0 Å². The highest BCUT2D eigenvalue weighted by Crippen LogP contribution is 2.16. The molecule has 0 aromatic carbocycles. The molecule has 0 aromatic heterocycles. The lowest BCUT2D eigenvalue weighted by Gasteiger charge is -2.20. The van der Waals surface area contributed by atoms with Crippen LogP contribution in [-0.2, 0) is 0 Å². The fraction of sp³-hybridized carbons (Fsp3) is 0.400. The van der Waals surface area contributed by atoms with Crippen molar-refractivity contribution >= 4 is 19.7 Å². The highest BCUT2D eigenvalue weighted by molar-refractivity contribution is 6.62. The van der Waals surface area contributed by atoms with Gasteiger partial charge in [0.05, 0.1) is 0 Å². The molecular formula is C10H14BN3. The van der Waals surface area contributed by atoms with Crippen LogP contribution >= 0.6 is 0 Å². The molecule has 1 aliphatic rings. The van der Waals surface area contributed by atoms with Gasteiger partial charge in [-0.25, -0.2) is 4.99 Å². The lowest BCUT2D eigenvalue weighted by molar-refractivity contribution is 0.685. The summed E-state index contributed by atoms with van der Waals surface area (Å²) in [6.45, 7) is 6.23. The average molecular weight is 187 g/mol. The van der Waals surface area contributed by atoms with Gasteiger partial charge in [0.15, 0.2) is 0 Å². The van der Waals surface area contributed by atoms with Gasteiger partial charge in [0, 0.05) is 11.9 Å². The summed E-state index contributed by atoms with van der Waals surface area (Å²) in [7, 11) is 5.26. The van der Waals surface area contributed by atoms with Gasteiger partial charge >= 0.3 is 0 Å². The summed E-state index contributed by atoms with van der Waals surface area (Å²) in [6.07, 6.45) is 3.30. The number of aliphatic imine (C=N–C) groups is 1. The normalized spacial score (nSPS) is 19.0. The zero-order chi connectivity index (χ0) is 10.7. The lowest BCUT2D eigenvalue weighted by Crippen LogP contribution is -2.22. The van der Waals surface area contributed by atoms with Crippen molar-refractivity contribution in [3.63, 3.8) is 0 Å². The molecule has 0 spiro atoms. The number of nitrogens with zero attached hydrogens (tertiary/aromatic N) is 1. The van der Waals surface area contributed by atoms with Crippen LogP contribution in [0.5, 0.6) is 0 Å². The van der Waals surface area contributed by atoms with Crippen molar-refractivity contribution in [2.75, 3.05) is 0 Å². The third-order valence-corrected chi connectivity index (χ3v) is 1.95. The van der Waals surface area contributed by atoms with Crippen molar-refractivity contribution in [2.45, 2.75) is 20.8 Å². The summed E-state index contributed by atoms with van der Waals surface area (Å²) in [5.41, 5.74) is 2.26. The Morgan fingerprint density at radius 2 is 2.29 bits per heavy atom. The number of nitrogens with one attached hydrogen (secondary N) is 2. The molecule has 2 radical (unpaired) electrons. The first-order valence-corrected chi connectivity index (χ1v) is 4.58. The van der Waals surface area contributed by atoms with E-state index >= 15 is 0 Å². The summed E-state index contributed by atoms with van der Waals surface area (Å²) >= 11 is 0. The van der Waals surface area contributed by atoms with Crippen LogP contribution in [0.25, 0.3) is 0 Å². The van der Waals surface area contributed by atoms with Crippen molar-refractivity contribution in [3.05, 3.63) is 23.2 Å². The minimum absolute atomic E-state index is 0.00677. The van der Waals surface area contributed by atoms with Gasteiger partial charge in [0.1, 0.15) is 13.7 Å². The predicted octanol–water partition coefficient (Wildman–Crippen LogP) is 1.58. The molecule has 0 amide bonds. The fourth-order valence-corrected chi connectivity index (χ4v) is 1.33. The molecule has 72 valence electrons. The van der Waals surface area contributed by atoms with Gasteiger partial charge in [0.25, 0.3) is 0 Å². The maximum absolute atomic E-state index is 7.13. The molecule has 0 atom stereocenters. The summed E-state index contributed by atoms with van der Waals surface area (Å²) in [6, 6.07) is 0. The SMILES string of the molecule is [B]C(=N)/C=C1/N=CC(C)=C(C(C)C)N1. The number of hydrogen-bond donors (Lipinski definition) is 2. The van der Waals surface area contributed by atoms with E-state index in [0.717, 1.165) is 11.3 Å². The number of allylic oxidation sites excluding steroid dienone is 3. The van der Waals surface area contributed by atoms with Gasteiger partial charge in [-0.1, -0.05) is 13.8 Å². The molecule has 1 rings (SSSR count). The third kappa shape index (κ3) is 2.59. The van der Waals surface area contributed by atoms with Gasteiger partial charge in [-0.3, -0.25) is 0 Å². The van der Waals surface area contributed by atoms with E-state index in [1.165, 1.54) is 6.08 Å². The van der Waals surface area contributed by atoms with Crippen LogP contribution in [0.15, 0.2) is 28.2 Å². The van der Waals surface area contributed by atoms with Crippen LogP contribution in [0.4, 0.5) is 0 Å². The molecule has 1 heterocycles. The van der Waals surface area contributed by atoms with Gasteiger partial charge in [-0.2, -0.15) is 0 Å². The summed E-state index contributed by atoms with van der Waals surface area (Å²) in [5, 5.41) is 10.3. The number of rotatable bonds is 2. The summed E-state index contributed by atoms with van der Waals surface area (Å²) < 4.78 is 0. The van der Waals surface area contributed by atoms with E-state index in [9.17, 15) is 0 Å². The van der Waals surface area contributed by atoms with E-state index < -0.39 is 0 Å². The van der Waals surface area contributed by atoms with Crippen molar-refractivity contribution in [1.82, 2.24) is 5.32 Å². The Morgan fingerprint density at radius 1 is 1.64 bits per heavy atom. The molecule has 0 saturated heterocycles. The molecule has 0 aromatic rings. The Labute approximate surface area is 85.9 Å². The molecule has 0 bridgehead atoms. The standard InChI is InChI=1S/C10H14BN3/c1-6(2)10-7(3)5-13-9(14-10)4-8(11)12/h4-6,12,14H,1-3H3/b9-4-,12-8?. The average Bonchev–Trinajstić information content (AvgIpc) is 2.07. The molecule has 0 aliphatic carbocycles. The van der Waals surface area contributed by atoms with E-state index in [1.807, 2.05) is 6.92 Å². The smallest absolute Gasteiger partial charge is 0.140 e. The van der Waals surface area contributed by atoms with E-state index in [1.54, 1.807) is 6.21 Å². The second-order valence-electron chi connectivity index (χ2n) is 3.62. The zero-order valence-corrected chi connectivity index (χ0v) is 8.76. The predicted molar refractivity (Wildman–Crippen MR) is 60.7 cm³/mol. The highest BCUT2D eigenvalue weighted by Gasteiger charge is 2.11. The Morgan fingerprint density at radius 3 is 2.79 bits per heavy atom. The molecule has 0 saturated carbocycles. The Bertz CT molecular complexity index is 337. The minimum atomic E-state index is 0.00677. The minimum Gasteiger partial charge on any atom is -0.343 e. The van der Waals surface area contributed by atoms with Gasteiger partial charge in [0.2, 0.25) is 0 Å². The van der Waals surface area contributed by atoms with Crippen LogP contribution < -0.4 is 5.32 Å². The zero-order valence-electron chi connectivity index (χ0n) is 8.76. The van der Waals surface area contributed by atoms with Crippen LogP contribution in [-0.4, -0.2) is 19.7 Å². The van der Waals surface area contributed by atoms with Crippen molar-refractivity contribution < 1.29 is 0 Å². The van der Waals surface area contributed by atoms with Gasteiger partial charge in [-0.15, -0.1) is 0 Å². The van der Waals surface area contributed by atoms with Gasteiger partial charge < -0.3 is 10.7 Å². The second-order valence-corrected chi connectivity index (χ2v) is 3.62. The molecule has 3 nitrogen and oxygen atoms in total. The Kier molecular flexibility index (Phi) is 3.28. The van der Waals surface area contributed by atoms with Crippen LogP contribution in [0.1, 0.15) is 20.8 Å². The Balaban J connectivity index is 2.90. The van der Waals surface area contributed by atoms with Crippen LogP contribution in [0.3, 0.4) is 0 Å². The maximum Gasteiger partial charge on any atom is 0.140 e. The van der Waals surface area contributed by atoms with Crippen molar-refractivity contribution in [3.8, 4) is 0 Å². The Hall–Kier alpha value is -1.32. The molecule has 14 heavy (non-hydrogen) atoms. The van der Waals surface area contributed by atoms with Crippen molar-refractivity contribution in [2.24, 2.45) is 10.9 Å². The fourth-order valence-electron chi connectivity index (χ4n) is 1.33. The summed E-state index contributed by atoms with van der Waals surface area (Å²) in [5.74, 6) is 1.05. The molecule has 0 fully saturated rings. The lowest BCUT2D eigenvalue weighted by atomic mass is 10.0. The van der Waals surface area contributed by atoms with Gasteiger partial charge in [-0.05, 0) is 30.1 Å². The first-order chi connectivity index (χ1) is 6.50. The van der Waals surface area contributed by atoms with Crippen LogP contribution in [0, 0.1) is 11.3 Å². The quantitative estimate of drug-likeness (QED) is 0.500. The van der Waals surface area contributed by atoms with E-state index in [2.05, 4.69) is 24.2 Å². The molecule has 0 unspecified atom stereocenters. The molecule has 1 aliphatic heterocycles. The molecule has 4 heteroatoms. The largest absolute Gasteiger partial charge is 0.343 e. The van der Waals surface area contributed by atoms with E-state index in [-0.39, 0.29) is 5.61 Å². The highest BCUT2D eigenvalue weighted by atomic mass is 15.1. The van der Waals surface area contributed by atoms with E-state index in [4.69, 9.17) is 13.3 Å². The van der Waals surface area contributed by atoms with Crippen molar-refractivity contribution in [1.29, 1.82) is 5.41 Å². The summed E-state index contributed by atoms with van der Waals surface area (Å²) in [4.78, 5) is 4.13. The maximum atomic E-state index is 7.13. The molecule has 2 N–H and O–H groups in total. The first-order valence-electron chi connectivity index (χ1n) is 4.58. The van der Waals surface area contributed by atoms with E-state index in [0.29, 0.717) is 11.7 Å². The first kappa shape index (κ1) is 10.8. The molecular weight excluding hydrogens is 173 g/mol.